The highest BCUT2D eigenvalue weighted by Gasteiger charge is 2.43. The number of halogens is 3. The normalized spacial score (nSPS) is 29.5. The summed E-state index contributed by atoms with van der Waals surface area (Å²) in [6, 6.07) is 0.664. The molecule has 144 valence electrons. The standard InChI is InChI=1S/C15H25NO2.C2HF3O2/c1-2-8-17-11-13-5-6-14-15(13)18-9-7-16(14)10-12-3-4-12;3-2(4,5)1(6)7/h2,12-15H,1,3-11H2;(H,6,7). The van der Waals surface area contributed by atoms with Gasteiger partial charge in [0.25, 0.3) is 0 Å². The van der Waals surface area contributed by atoms with Crippen LogP contribution in [0.5, 0.6) is 0 Å². The lowest BCUT2D eigenvalue weighted by Crippen LogP contribution is -2.51. The number of hydrogen-bond donors (Lipinski definition) is 1. The van der Waals surface area contributed by atoms with E-state index in [4.69, 9.17) is 19.4 Å². The third-order valence-electron chi connectivity index (χ3n) is 4.83. The molecule has 0 amide bonds. The Morgan fingerprint density at radius 3 is 2.56 bits per heavy atom. The molecule has 1 heterocycles. The van der Waals surface area contributed by atoms with Crippen molar-refractivity contribution in [2.24, 2.45) is 11.8 Å². The number of carboxylic acids is 1. The lowest BCUT2D eigenvalue weighted by atomic mass is 10.0. The summed E-state index contributed by atoms with van der Waals surface area (Å²) in [7, 11) is 0. The number of morpholine rings is 1. The van der Waals surface area contributed by atoms with Crippen LogP contribution in [0.2, 0.25) is 0 Å². The number of alkyl halides is 3. The van der Waals surface area contributed by atoms with Gasteiger partial charge in [-0.15, -0.1) is 6.58 Å². The zero-order valence-corrected chi connectivity index (χ0v) is 14.2. The van der Waals surface area contributed by atoms with Gasteiger partial charge >= 0.3 is 12.1 Å². The first-order valence-corrected chi connectivity index (χ1v) is 8.67. The molecule has 2 saturated carbocycles. The molecule has 1 N–H and O–H groups in total. The molecule has 0 spiro atoms. The van der Waals surface area contributed by atoms with Crippen molar-refractivity contribution in [3.05, 3.63) is 12.7 Å². The fraction of sp³-hybridized carbons (Fsp3) is 0.824. The molecule has 8 heteroatoms. The van der Waals surface area contributed by atoms with E-state index in [9.17, 15) is 13.2 Å². The van der Waals surface area contributed by atoms with E-state index >= 15 is 0 Å². The molecule has 3 atom stereocenters. The SMILES string of the molecule is C=CCOCC1CCC2C1OCCN2CC1CC1.O=C(O)C(F)(F)F. The van der Waals surface area contributed by atoms with Crippen molar-refractivity contribution in [3.63, 3.8) is 0 Å². The van der Waals surface area contributed by atoms with Crippen molar-refractivity contribution in [1.29, 1.82) is 0 Å². The molecule has 25 heavy (non-hydrogen) atoms. The van der Waals surface area contributed by atoms with Crippen molar-refractivity contribution in [1.82, 2.24) is 4.90 Å². The molecule has 3 aliphatic rings. The highest BCUT2D eigenvalue weighted by atomic mass is 19.4. The third kappa shape index (κ3) is 6.27. The quantitative estimate of drug-likeness (QED) is 0.579. The maximum Gasteiger partial charge on any atom is 0.490 e. The number of rotatable bonds is 6. The van der Waals surface area contributed by atoms with E-state index in [0.717, 1.165) is 25.7 Å². The summed E-state index contributed by atoms with van der Waals surface area (Å²) < 4.78 is 43.4. The number of carboxylic acid groups (broad SMARTS) is 1. The molecular weight excluding hydrogens is 339 g/mol. The van der Waals surface area contributed by atoms with Gasteiger partial charge in [0, 0.05) is 25.0 Å². The summed E-state index contributed by atoms with van der Waals surface area (Å²) in [5.74, 6) is -1.18. The highest BCUT2D eigenvalue weighted by molar-refractivity contribution is 5.73. The van der Waals surface area contributed by atoms with Crippen LogP contribution in [0, 0.1) is 11.8 Å². The molecule has 0 aromatic heterocycles. The van der Waals surface area contributed by atoms with Crippen LogP contribution in [0.1, 0.15) is 25.7 Å². The Bertz CT molecular complexity index is 454. The maximum atomic E-state index is 10.6. The number of fused-ring (bicyclic) bond motifs is 1. The minimum absolute atomic E-state index is 0.419. The van der Waals surface area contributed by atoms with Gasteiger partial charge in [0.05, 0.1) is 25.9 Å². The van der Waals surface area contributed by atoms with Gasteiger partial charge in [-0.1, -0.05) is 6.08 Å². The zero-order valence-electron chi connectivity index (χ0n) is 14.2. The van der Waals surface area contributed by atoms with Crippen LogP contribution in [-0.2, 0) is 14.3 Å². The average Bonchev–Trinajstić information content (AvgIpc) is 3.26. The first-order valence-electron chi connectivity index (χ1n) is 8.67. The van der Waals surface area contributed by atoms with Gasteiger partial charge in [-0.05, 0) is 31.6 Å². The Balaban J connectivity index is 0.000000277. The van der Waals surface area contributed by atoms with Crippen LogP contribution in [0.3, 0.4) is 0 Å². The number of ether oxygens (including phenoxy) is 2. The van der Waals surface area contributed by atoms with Crippen LogP contribution in [-0.4, -0.2) is 67.2 Å². The second-order valence-electron chi connectivity index (χ2n) is 6.81. The molecule has 5 nitrogen and oxygen atoms in total. The van der Waals surface area contributed by atoms with Crippen molar-refractivity contribution in [2.75, 3.05) is 32.9 Å². The van der Waals surface area contributed by atoms with E-state index in [1.807, 2.05) is 6.08 Å². The number of hydrogen-bond acceptors (Lipinski definition) is 4. The summed E-state index contributed by atoms with van der Waals surface area (Å²) in [4.78, 5) is 11.6. The summed E-state index contributed by atoms with van der Waals surface area (Å²) >= 11 is 0. The predicted molar refractivity (Wildman–Crippen MR) is 85.3 cm³/mol. The lowest BCUT2D eigenvalue weighted by molar-refractivity contribution is -0.192. The minimum Gasteiger partial charge on any atom is -0.475 e. The molecule has 3 rings (SSSR count). The molecule has 3 unspecified atom stereocenters. The van der Waals surface area contributed by atoms with Crippen molar-refractivity contribution < 1.29 is 32.5 Å². The average molecular weight is 365 g/mol. The topological polar surface area (TPSA) is 59.0 Å². The molecule has 0 bridgehead atoms. The van der Waals surface area contributed by atoms with E-state index in [1.54, 1.807) is 0 Å². The van der Waals surface area contributed by atoms with Crippen molar-refractivity contribution in [2.45, 2.75) is 44.0 Å². The van der Waals surface area contributed by atoms with Crippen molar-refractivity contribution >= 4 is 5.97 Å². The smallest absolute Gasteiger partial charge is 0.475 e. The zero-order chi connectivity index (χ0) is 18.4. The number of carbonyl (C=O) groups is 1. The first kappa shape index (κ1) is 20.2. The Morgan fingerprint density at radius 2 is 2.00 bits per heavy atom. The fourth-order valence-corrected chi connectivity index (χ4v) is 3.48. The van der Waals surface area contributed by atoms with Gasteiger partial charge in [0.2, 0.25) is 0 Å². The summed E-state index contributed by atoms with van der Waals surface area (Å²) in [5.41, 5.74) is 0. The second kappa shape index (κ2) is 9.00. The number of aliphatic carboxylic acids is 1. The summed E-state index contributed by atoms with van der Waals surface area (Å²) in [5, 5.41) is 7.12. The summed E-state index contributed by atoms with van der Waals surface area (Å²) in [6.07, 6.45) is 2.60. The van der Waals surface area contributed by atoms with Crippen LogP contribution < -0.4 is 0 Å². The third-order valence-corrected chi connectivity index (χ3v) is 4.83. The summed E-state index contributed by atoms with van der Waals surface area (Å²) in [6.45, 7) is 8.55. The molecule has 0 aromatic rings. The van der Waals surface area contributed by atoms with Gasteiger partial charge < -0.3 is 14.6 Å². The van der Waals surface area contributed by atoms with Gasteiger partial charge in [-0.2, -0.15) is 13.2 Å². The van der Waals surface area contributed by atoms with Crippen LogP contribution >= 0.6 is 0 Å². The van der Waals surface area contributed by atoms with Crippen LogP contribution in [0.4, 0.5) is 13.2 Å². The predicted octanol–water partition coefficient (Wildman–Crippen LogP) is 2.71. The fourth-order valence-electron chi connectivity index (χ4n) is 3.48. The maximum absolute atomic E-state index is 10.6. The lowest BCUT2D eigenvalue weighted by Gasteiger charge is -2.39. The van der Waals surface area contributed by atoms with Gasteiger partial charge in [0.1, 0.15) is 0 Å². The molecular formula is C17H26F3NO4. The molecule has 2 aliphatic carbocycles. The first-order chi connectivity index (χ1) is 11.8. The van der Waals surface area contributed by atoms with E-state index < -0.39 is 12.1 Å². The largest absolute Gasteiger partial charge is 0.490 e. The molecule has 0 aromatic carbocycles. The monoisotopic (exact) mass is 365 g/mol. The molecule has 3 fully saturated rings. The van der Waals surface area contributed by atoms with Crippen LogP contribution in [0.25, 0.3) is 0 Å². The Kier molecular flexibility index (Phi) is 7.27. The van der Waals surface area contributed by atoms with Gasteiger partial charge in [0.15, 0.2) is 0 Å². The van der Waals surface area contributed by atoms with E-state index in [2.05, 4.69) is 11.5 Å². The van der Waals surface area contributed by atoms with Crippen LogP contribution in [0.15, 0.2) is 12.7 Å². The van der Waals surface area contributed by atoms with Gasteiger partial charge in [-0.25, -0.2) is 4.79 Å². The van der Waals surface area contributed by atoms with E-state index in [0.29, 0.717) is 24.7 Å². The van der Waals surface area contributed by atoms with E-state index in [-0.39, 0.29) is 0 Å². The Hall–Kier alpha value is -1.12. The van der Waals surface area contributed by atoms with Gasteiger partial charge in [-0.3, -0.25) is 4.90 Å². The minimum atomic E-state index is -5.08. The second-order valence-corrected chi connectivity index (χ2v) is 6.81. The molecule has 1 aliphatic heterocycles. The Morgan fingerprint density at radius 1 is 1.32 bits per heavy atom. The number of nitrogens with zero attached hydrogens (tertiary/aromatic N) is 1. The molecule has 0 radical (unpaired) electrons. The Labute approximate surface area is 145 Å². The molecule has 1 saturated heterocycles. The van der Waals surface area contributed by atoms with Crippen molar-refractivity contribution in [3.8, 4) is 0 Å². The highest BCUT2D eigenvalue weighted by Crippen LogP contribution is 2.38. The van der Waals surface area contributed by atoms with E-state index in [1.165, 1.54) is 32.2 Å².